The first-order valence-corrected chi connectivity index (χ1v) is 7.22. The molecule has 5 nitrogen and oxygen atoms in total. The molecule has 0 aliphatic carbocycles. The molecule has 1 saturated heterocycles. The summed E-state index contributed by atoms with van der Waals surface area (Å²) in [7, 11) is 0. The van der Waals surface area contributed by atoms with E-state index in [1.165, 1.54) is 0 Å². The molecule has 0 bridgehead atoms. The van der Waals surface area contributed by atoms with Crippen LogP contribution in [0.2, 0.25) is 0 Å². The van der Waals surface area contributed by atoms with E-state index < -0.39 is 0 Å². The highest BCUT2D eigenvalue weighted by atomic mass is 16.5. The fraction of sp³-hybridized carbons (Fsp3) is 0.600. The van der Waals surface area contributed by atoms with Crippen molar-refractivity contribution in [2.75, 3.05) is 32.8 Å². The summed E-state index contributed by atoms with van der Waals surface area (Å²) in [5, 5.41) is 3.07. The summed E-state index contributed by atoms with van der Waals surface area (Å²) in [4.78, 5) is 18.7. The van der Waals surface area contributed by atoms with Gasteiger partial charge in [-0.1, -0.05) is 13.0 Å². The third-order valence-electron chi connectivity index (χ3n) is 3.48. The van der Waals surface area contributed by atoms with Crippen molar-refractivity contribution in [1.82, 2.24) is 15.2 Å². The van der Waals surface area contributed by atoms with Gasteiger partial charge in [-0.15, -0.1) is 0 Å². The molecule has 2 heterocycles. The number of carbonyl (C=O) groups is 1. The average molecular weight is 277 g/mol. The molecule has 0 spiro atoms. The van der Waals surface area contributed by atoms with Crippen LogP contribution in [-0.2, 0) is 9.53 Å². The predicted octanol–water partition coefficient (Wildman–Crippen LogP) is 1.29. The Morgan fingerprint density at radius 2 is 2.20 bits per heavy atom. The Morgan fingerprint density at radius 3 is 2.85 bits per heavy atom. The number of amides is 1. The maximum atomic E-state index is 12.1. The van der Waals surface area contributed by atoms with E-state index in [4.69, 9.17) is 4.74 Å². The zero-order valence-corrected chi connectivity index (χ0v) is 12.3. The molecule has 0 saturated carbocycles. The first-order valence-electron chi connectivity index (χ1n) is 7.22. The molecule has 20 heavy (non-hydrogen) atoms. The number of ether oxygens (including phenoxy) is 1. The minimum Gasteiger partial charge on any atom is -0.379 e. The number of aromatic nitrogens is 1. The zero-order chi connectivity index (χ0) is 14.4. The molecule has 0 radical (unpaired) electrons. The van der Waals surface area contributed by atoms with Crippen LogP contribution < -0.4 is 5.32 Å². The summed E-state index contributed by atoms with van der Waals surface area (Å²) >= 11 is 0. The van der Waals surface area contributed by atoms with E-state index in [2.05, 4.69) is 22.1 Å². The van der Waals surface area contributed by atoms with Gasteiger partial charge >= 0.3 is 0 Å². The number of hydrogen-bond acceptors (Lipinski definition) is 4. The molecule has 1 amide bonds. The maximum Gasteiger partial charge on any atom is 0.234 e. The molecular weight excluding hydrogens is 254 g/mol. The number of nitrogens with one attached hydrogen (secondary N) is 1. The summed E-state index contributed by atoms with van der Waals surface area (Å²) in [6.45, 7) is 7.54. The molecule has 2 rings (SSSR count). The van der Waals surface area contributed by atoms with Crippen molar-refractivity contribution >= 4 is 5.91 Å². The van der Waals surface area contributed by atoms with Gasteiger partial charge < -0.3 is 10.1 Å². The van der Waals surface area contributed by atoms with Crippen LogP contribution in [-0.4, -0.2) is 48.6 Å². The van der Waals surface area contributed by atoms with Gasteiger partial charge in [-0.3, -0.25) is 14.7 Å². The number of morpholine rings is 1. The maximum absolute atomic E-state index is 12.1. The number of hydrogen-bond donors (Lipinski definition) is 1. The molecule has 1 aromatic rings. The van der Waals surface area contributed by atoms with Gasteiger partial charge in [-0.2, -0.15) is 0 Å². The first kappa shape index (κ1) is 14.9. The van der Waals surface area contributed by atoms with E-state index in [1.54, 1.807) is 0 Å². The van der Waals surface area contributed by atoms with Crippen molar-refractivity contribution in [3.63, 3.8) is 0 Å². The predicted molar refractivity (Wildman–Crippen MR) is 77.4 cm³/mol. The van der Waals surface area contributed by atoms with E-state index in [1.807, 2.05) is 25.1 Å². The number of nitrogens with zero attached hydrogens (tertiary/aromatic N) is 2. The van der Waals surface area contributed by atoms with Gasteiger partial charge in [0, 0.05) is 18.8 Å². The Balaban J connectivity index is 1.90. The third kappa shape index (κ3) is 4.28. The van der Waals surface area contributed by atoms with Gasteiger partial charge in [0.15, 0.2) is 0 Å². The Labute approximate surface area is 120 Å². The molecule has 0 aromatic carbocycles. The standard InChI is InChI=1S/C15H23N3O2/c1-3-13(14-6-4-5-12(2)16-14)17-15(19)11-18-7-9-20-10-8-18/h4-6,13H,3,7-11H2,1-2H3,(H,17,19)/t13-/m0/s1. The van der Waals surface area contributed by atoms with Gasteiger partial charge in [-0.05, 0) is 25.5 Å². The lowest BCUT2D eigenvalue weighted by Crippen LogP contribution is -2.44. The van der Waals surface area contributed by atoms with Gasteiger partial charge in [-0.25, -0.2) is 0 Å². The van der Waals surface area contributed by atoms with Crippen molar-refractivity contribution in [2.24, 2.45) is 0 Å². The largest absolute Gasteiger partial charge is 0.379 e. The van der Waals surface area contributed by atoms with Crippen LogP contribution in [0.25, 0.3) is 0 Å². The molecule has 110 valence electrons. The lowest BCUT2D eigenvalue weighted by atomic mass is 10.1. The third-order valence-corrected chi connectivity index (χ3v) is 3.48. The molecule has 1 atom stereocenters. The van der Waals surface area contributed by atoms with Crippen molar-refractivity contribution < 1.29 is 9.53 Å². The van der Waals surface area contributed by atoms with E-state index in [0.717, 1.165) is 30.9 Å². The van der Waals surface area contributed by atoms with Crippen LogP contribution in [0.3, 0.4) is 0 Å². The van der Waals surface area contributed by atoms with E-state index in [0.29, 0.717) is 19.8 Å². The molecule has 1 aliphatic rings. The Hall–Kier alpha value is -1.46. The number of carbonyl (C=O) groups excluding carboxylic acids is 1. The molecule has 5 heteroatoms. The SMILES string of the molecule is CC[C@H](NC(=O)CN1CCOCC1)c1cccc(C)n1. The van der Waals surface area contributed by atoms with Crippen LogP contribution in [0.15, 0.2) is 18.2 Å². The zero-order valence-electron chi connectivity index (χ0n) is 12.3. The van der Waals surface area contributed by atoms with Crippen LogP contribution in [0, 0.1) is 6.92 Å². The Bertz CT molecular complexity index is 444. The second-order valence-corrected chi connectivity index (χ2v) is 5.12. The van der Waals surface area contributed by atoms with E-state index in [9.17, 15) is 4.79 Å². The van der Waals surface area contributed by atoms with Crippen molar-refractivity contribution in [3.05, 3.63) is 29.6 Å². The average Bonchev–Trinajstić information content (AvgIpc) is 2.46. The summed E-state index contributed by atoms with van der Waals surface area (Å²) in [5.41, 5.74) is 1.91. The van der Waals surface area contributed by atoms with Crippen molar-refractivity contribution in [3.8, 4) is 0 Å². The molecule has 1 aliphatic heterocycles. The summed E-state index contributed by atoms with van der Waals surface area (Å²) in [6.07, 6.45) is 0.839. The number of pyridine rings is 1. The van der Waals surface area contributed by atoms with Gasteiger partial charge in [0.1, 0.15) is 0 Å². The lowest BCUT2D eigenvalue weighted by Gasteiger charge is -2.26. The van der Waals surface area contributed by atoms with Crippen LogP contribution in [0.1, 0.15) is 30.8 Å². The van der Waals surface area contributed by atoms with Crippen molar-refractivity contribution in [1.29, 1.82) is 0 Å². The van der Waals surface area contributed by atoms with Gasteiger partial charge in [0.25, 0.3) is 0 Å². The highest BCUT2D eigenvalue weighted by Crippen LogP contribution is 2.14. The topological polar surface area (TPSA) is 54.5 Å². The lowest BCUT2D eigenvalue weighted by molar-refractivity contribution is -0.124. The highest BCUT2D eigenvalue weighted by molar-refractivity contribution is 5.78. The monoisotopic (exact) mass is 277 g/mol. The van der Waals surface area contributed by atoms with Gasteiger partial charge in [0.2, 0.25) is 5.91 Å². The first-order chi connectivity index (χ1) is 9.69. The van der Waals surface area contributed by atoms with Gasteiger partial charge in [0.05, 0.1) is 31.5 Å². The summed E-state index contributed by atoms with van der Waals surface area (Å²) < 4.78 is 5.28. The molecule has 1 aromatic heterocycles. The van der Waals surface area contributed by atoms with Crippen LogP contribution >= 0.6 is 0 Å². The van der Waals surface area contributed by atoms with E-state index in [-0.39, 0.29) is 11.9 Å². The molecule has 1 N–H and O–H groups in total. The molecule has 0 unspecified atom stereocenters. The Morgan fingerprint density at radius 1 is 1.45 bits per heavy atom. The van der Waals surface area contributed by atoms with Crippen LogP contribution in [0.5, 0.6) is 0 Å². The fourth-order valence-corrected chi connectivity index (χ4v) is 2.35. The van der Waals surface area contributed by atoms with Crippen LogP contribution in [0.4, 0.5) is 0 Å². The van der Waals surface area contributed by atoms with E-state index >= 15 is 0 Å². The highest BCUT2D eigenvalue weighted by Gasteiger charge is 2.18. The molecule has 1 fully saturated rings. The minimum absolute atomic E-state index is 0.0107. The summed E-state index contributed by atoms with van der Waals surface area (Å²) in [5.74, 6) is 0.0575. The second kappa shape index (κ2) is 7.36. The number of rotatable bonds is 5. The normalized spacial score (nSPS) is 17.7. The fourth-order valence-electron chi connectivity index (χ4n) is 2.35. The number of aryl methyl sites for hydroxylation is 1. The minimum atomic E-state index is -0.0107. The Kier molecular flexibility index (Phi) is 5.49. The second-order valence-electron chi connectivity index (χ2n) is 5.12. The molecular formula is C15H23N3O2. The smallest absolute Gasteiger partial charge is 0.234 e. The quantitative estimate of drug-likeness (QED) is 0.881. The van der Waals surface area contributed by atoms with Crippen molar-refractivity contribution in [2.45, 2.75) is 26.3 Å². The summed E-state index contributed by atoms with van der Waals surface area (Å²) in [6, 6.07) is 5.90.